The van der Waals surface area contributed by atoms with E-state index in [2.05, 4.69) is 50.1 Å². The number of guanidine groups is 1. The van der Waals surface area contributed by atoms with Gasteiger partial charge in [0, 0.05) is 38.8 Å². The summed E-state index contributed by atoms with van der Waals surface area (Å²) in [5, 5.41) is 9.48. The lowest BCUT2D eigenvalue weighted by molar-refractivity contribution is 0.0925. The Balaban J connectivity index is 0.00000341. The Morgan fingerprint density at radius 1 is 1.03 bits per heavy atom. The first-order valence-electron chi connectivity index (χ1n) is 10.7. The van der Waals surface area contributed by atoms with Crippen molar-refractivity contribution in [3.63, 3.8) is 0 Å². The lowest BCUT2D eigenvalue weighted by Gasteiger charge is -2.15. The van der Waals surface area contributed by atoms with Gasteiger partial charge < -0.3 is 20.4 Å². The molecule has 0 aliphatic carbocycles. The van der Waals surface area contributed by atoms with Gasteiger partial charge in [0.05, 0.1) is 6.26 Å². The molecule has 1 aliphatic heterocycles. The summed E-state index contributed by atoms with van der Waals surface area (Å²) in [4.78, 5) is 18.8. The second kappa shape index (κ2) is 13.4. The Labute approximate surface area is 202 Å². The molecule has 8 heteroatoms. The molecule has 31 heavy (non-hydrogen) atoms. The molecule has 1 aromatic heterocycles. The molecule has 7 nitrogen and oxygen atoms in total. The van der Waals surface area contributed by atoms with Gasteiger partial charge in [-0.25, -0.2) is 0 Å². The van der Waals surface area contributed by atoms with Crippen molar-refractivity contribution in [1.82, 2.24) is 20.9 Å². The Bertz CT molecular complexity index is 829. The van der Waals surface area contributed by atoms with Gasteiger partial charge in [-0.3, -0.25) is 14.7 Å². The van der Waals surface area contributed by atoms with Crippen LogP contribution < -0.4 is 16.0 Å². The molecule has 2 aromatic rings. The fourth-order valence-corrected chi connectivity index (χ4v) is 3.55. The van der Waals surface area contributed by atoms with Crippen molar-refractivity contribution in [2.75, 3.05) is 33.2 Å². The van der Waals surface area contributed by atoms with Gasteiger partial charge >= 0.3 is 0 Å². The van der Waals surface area contributed by atoms with Crippen LogP contribution in [0.3, 0.4) is 0 Å². The highest BCUT2D eigenvalue weighted by Gasteiger charge is 2.12. The molecule has 0 saturated carbocycles. The summed E-state index contributed by atoms with van der Waals surface area (Å²) in [5.74, 6) is 0.962. The molecule has 170 valence electrons. The van der Waals surface area contributed by atoms with E-state index in [0.717, 1.165) is 31.0 Å². The van der Waals surface area contributed by atoms with Crippen molar-refractivity contribution in [2.45, 2.75) is 39.3 Å². The monoisotopic (exact) mass is 539 g/mol. The summed E-state index contributed by atoms with van der Waals surface area (Å²) < 4.78 is 5.19. The molecule has 0 spiro atoms. The Kier molecular flexibility index (Phi) is 10.9. The number of nitrogens with one attached hydrogen (secondary N) is 3. The molecule has 2 heterocycles. The highest BCUT2D eigenvalue weighted by molar-refractivity contribution is 14.0. The van der Waals surface area contributed by atoms with Crippen LogP contribution in [0.5, 0.6) is 0 Å². The van der Waals surface area contributed by atoms with Gasteiger partial charge in [0.2, 0.25) is 0 Å². The number of carbonyl (C=O) groups is 1. The number of nitrogens with zero attached hydrogens (tertiary/aromatic N) is 2. The molecule has 3 rings (SSSR count). The SMILES string of the molecule is CN=C(NCCCNC(=O)c1occc1C)NCc1ccc(CN2CCCC2)cc1.I. The van der Waals surface area contributed by atoms with Gasteiger partial charge in [-0.1, -0.05) is 24.3 Å². The molecular formula is C23H34IN5O2. The molecule has 1 fully saturated rings. The third-order valence-corrected chi connectivity index (χ3v) is 5.31. The second-order valence-electron chi connectivity index (χ2n) is 7.69. The quantitative estimate of drug-likeness (QED) is 0.197. The minimum atomic E-state index is -0.173. The van der Waals surface area contributed by atoms with Gasteiger partial charge in [0.1, 0.15) is 0 Å². The number of aliphatic imine (C=N–C) groups is 1. The largest absolute Gasteiger partial charge is 0.459 e. The van der Waals surface area contributed by atoms with Crippen molar-refractivity contribution in [2.24, 2.45) is 4.99 Å². The number of carbonyl (C=O) groups excluding carboxylic acids is 1. The predicted molar refractivity (Wildman–Crippen MR) is 135 cm³/mol. The number of hydrogen-bond acceptors (Lipinski definition) is 4. The highest BCUT2D eigenvalue weighted by Crippen LogP contribution is 2.13. The normalized spacial score (nSPS) is 14.2. The molecule has 0 radical (unpaired) electrons. The molecule has 3 N–H and O–H groups in total. The van der Waals surface area contributed by atoms with Crippen molar-refractivity contribution in [3.8, 4) is 0 Å². The molecular weight excluding hydrogens is 505 g/mol. The maximum Gasteiger partial charge on any atom is 0.287 e. The summed E-state index contributed by atoms with van der Waals surface area (Å²) in [6, 6.07) is 10.6. The fourth-order valence-electron chi connectivity index (χ4n) is 3.55. The summed E-state index contributed by atoms with van der Waals surface area (Å²) >= 11 is 0. The van der Waals surface area contributed by atoms with Crippen LogP contribution in [0.15, 0.2) is 46.0 Å². The number of amides is 1. The zero-order chi connectivity index (χ0) is 21.2. The standard InChI is InChI=1S/C23H33N5O2.HI/c1-18-10-15-30-21(18)22(29)25-11-5-12-26-23(24-2)27-16-19-6-8-20(9-7-19)17-28-13-3-4-14-28;/h6-10,15H,3-5,11-14,16-17H2,1-2H3,(H,25,29)(H2,24,26,27);1H. The Morgan fingerprint density at radius 3 is 2.35 bits per heavy atom. The van der Waals surface area contributed by atoms with Crippen LogP contribution in [0.25, 0.3) is 0 Å². The first-order chi connectivity index (χ1) is 14.7. The molecule has 0 bridgehead atoms. The van der Waals surface area contributed by atoms with E-state index in [1.54, 1.807) is 13.1 Å². The lowest BCUT2D eigenvalue weighted by atomic mass is 10.1. The molecule has 0 unspecified atom stereocenters. The van der Waals surface area contributed by atoms with Crippen LogP contribution in [0.1, 0.15) is 46.5 Å². The van der Waals surface area contributed by atoms with Gasteiger partial charge in [-0.2, -0.15) is 0 Å². The van der Waals surface area contributed by atoms with Gasteiger partial charge in [-0.05, 0) is 56.5 Å². The summed E-state index contributed by atoms with van der Waals surface area (Å²) in [6.45, 7) is 7.35. The van der Waals surface area contributed by atoms with Gasteiger partial charge in [0.15, 0.2) is 11.7 Å². The predicted octanol–water partition coefficient (Wildman–Crippen LogP) is 3.29. The Hall–Kier alpha value is -2.07. The molecule has 1 saturated heterocycles. The first-order valence-corrected chi connectivity index (χ1v) is 10.7. The van der Waals surface area contributed by atoms with Crippen LogP contribution >= 0.6 is 24.0 Å². The average molecular weight is 539 g/mol. The summed E-state index contributed by atoms with van der Waals surface area (Å²) in [7, 11) is 1.76. The van der Waals surface area contributed by atoms with Crippen LogP contribution in [-0.4, -0.2) is 50.0 Å². The first kappa shape index (κ1) is 25.2. The van der Waals surface area contributed by atoms with Gasteiger partial charge in [-0.15, -0.1) is 24.0 Å². The fraction of sp³-hybridized carbons (Fsp3) is 0.478. The van der Waals surface area contributed by atoms with Crippen molar-refractivity contribution in [3.05, 3.63) is 59.0 Å². The lowest BCUT2D eigenvalue weighted by Crippen LogP contribution is -2.38. The van der Waals surface area contributed by atoms with Crippen molar-refractivity contribution in [1.29, 1.82) is 0 Å². The minimum absolute atomic E-state index is 0. The smallest absolute Gasteiger partial charge is 0.287 e. The Morgan fingerprint density at radius 2 is 1.71 bits per heavy atom. The second-order valence-corrected chi connectivity index (χ2v) is 7.69. The average Bonchev–Trinajstić information content (AvgIpc) is 3.42. The third kappa shape index (κ3) is 8.17. The zero-order valence-corrected chi connectivity index (χ0v) is 20.8. The van der Waals surface area contributed by atoms with Crippen LogP contribution in [-0.2, 0) is 13.1 Å². The van der Waals surface area contributed by atoms with Gasteiger partial charge in [0.25, 0.3) is 5.91 Å². The number of aryl methyl sites for hydroxylation is 1. The van der Waals surface area contributed by atoms with E-state index in [9.17, 15) is 4.79 Å². The molecule has 0 atom stereocenters. The number of rotatable bonds is 9. The number of hydrogen-bond donors (Lipinski definition) is 3. The number of halogens is 1. The van der Waals surface area contributed by atoms with E-state index >= 15 is 0 Å². The number of furan rings is 1. The van der Waals surface area contributed by atoms with E-state index in [-0.39, 0.29) is 29.9 Å². The summed E-state index contributed by atoms with van der Waals surface area (Å²) in [5.41, 5.74) is 3.44. The van der Waals surface area contributed by atoms with E-state index in [4.69, 9.17) is 4.42 Å². The summed E-state index contributed by atoms with van der Waals surface area (Å²) in [6.07, 6.45) is 4.97. The molecule has 1 amide bonds. The molecule has 1 aromatic carbocycles. The minimum Gasteiger partial charge on any atom is -0.459 e. The zero-order valence-electron chi connectivity index (χ0n) is 18.4. The number of likely N-dealkylation sites (tertiary alicyclic amines) is 1. The van der Waals surface area contributed by atoms with Crippen molar-refractivity contribution >= 4 is 35.8 Å². The number of benzene rings is 1. The van der Waals surface area contributed by atoms with Crippen LogP contribution in [0.2, 0.25) is 0 Å². The molecule has 1 aliphatic rings. The maximum absolute atomic E-state index is 12.0. The highest BCUT2D eigenvalue weighted by atomic mass is 127. The van der Waals surface area contributed by atoms with E-state index in [1.165, 1.54) is 43.3 Å². The van der Waals surface area contributed by atoms with Crippen LogP contribution in [0, 0.1) is 6.92 Å². The maximum atomic E-state index is 12.0. The van der Waals surface area contributed by atoms with E-state index < -0.39 is 0 Å². The topological polar surface area (TPSA) is 81.9 Å². The van der Waals surface area contributed by atoms with E-state index in [1.807, 2.05) is 6.92 Å². The van der Waals surface area contributed by atoms with E-state index in [0.29, 0.717) is 18.8 Å². The third-order valence-electron chi connectivity index (χ3n) is 5.31. The van der Waals surface area contributed by atoms with Crippen molar-refractivity contribution < 1.29 is 9.21 Å². The van der Waals surface area contributed by atoms with Crippen LogP contribution in [0.4, 0.5) is 0 Å².